The van der Waals surface area contributed by atoms with Crippen molar-refractivity contribution in [2.24, 2.45) is 0 Å². The standard InChI is InChI=1S/C21H23Cl2N5O3/c1-29-11-5-4-6-28(10-11)21-12-7-16(24)25-9-13(12)26-20(27-21)17-18(22)14(30-2)8-15(31-3)19(17)23/h7-9,11H,4-6,10H2,1-3H3,(H2,24,25). The van der Waals surface area contributed by atoms with E-state index in [0.29, 0.717) is 50.8 Å². The highest BCUT2D eigenvalue weighted by atomic mass is 35.5. The van der Waals surface area contributed by atoms with Gasteiger partial charge in [0.05, 0.1) is 47.6 Å². The fraction of sp³-hybridized carbons (Fsp3) is 0.381. The Morgan fingerprint density at radius 2 is 1.77 bits per heavy atom. The van der Waals surface area contributed by atoms with Crippen LogP contribution in [0.4, 0.5) is 11.6 Å². The number of aromatic nitrogens is 3. The van der Waals surface area contributed by atoms with Crippen molar-refractivity contribution in [1.29, 1.82) is 0 Å². The summed E-state index contributed by atoms with van der Waals surface area (Å²) in [6.07, 6.45) is 3.72. The zero-order chi connectivity index (χ0) is 22.1. The first-order valence-electron chi connectivity index (χ1n) is 9.78. The second-order valence-corrected chi connectivity index (χ2v) is 7.98. The number of methoxy groups -OCH3 is 3. The van der Waals surface area contributed by atoms with Crippen molar-refractivity contribution in [3.05, 3.63) is 28.4 Å². The molecule has 1 saturated heterocycles. The molecular formula is C21H23Cl2N5O3. The third-order valence-electron chi connectivity index (χ3n) is 5.39. The maximum absolute atomic E-state index is 6.62. The van der Waals surface area contributed by atoms with E-state index in [2.05, 4.69) is 14.9 Å². The van der Waals surface area contributed by atoms with Gasteiger partial charge in [-0.05, 0) is 18.9 Å². The lowest BCUT2D eigenvalue weighted by molar-refractivity contribution is 0.0892. The number of halogens is 2. The van der Waals surface area contributed by atoms with Crippen molar-refractivity contribution in [2.45, 2.75) is 18.9 Å². The average molecular weight is 464 g/mol. The summed E-state index contributed by atoms with van der Waals surface area (Å²) >= 11 is 13.2. The minimum atomic E-state index is 0.116. The fourth-order valence-corrected chi connectivity index (χ4v) is 4.46. The Balaban J connectivity index is 1.96. The molecule has 1 aromatic carbocycles. The largest absolute Gasteiger partial charge is 0.495 e. The molecule has 164 valence electrons. The molecule has 0 amide bonds. The number of hydrogen-bond donors (Lipinski definition) is 1. The van der Waals surface area contributed by atoms with Crippen LogP contribution in [0.2, 0.25) is 10.0 Å². The minimum Gasteiger partial charge on any atom is -0.495 e. The number of nitrogen functional groups attached to an aromatic ring is 1. The third-order valence-corrected chi connectivity index (χ3v) is 6.14. The number of pyridine rings is 1. The normalized spacial score (nSPS) is 16.5. The van der Waals surface area contributed by atoms with Crippen LogP contribution >= 0.6 is 23.2 Å². The summed E-state index contributed by atoms with van der Waals surface area (Å²) in [4.78, 5) is 15.9. The molecule has 2 N–H and O–H groups in total. The average Bonchev–Trinajstić information content (AvgIpc) is 2.79. The van der Waals surface area contributed by atoms with Crippen LogP contribution in [0.3, 0.4) is 0 Å². The topological polar surface area (TPSA) is 95.6 Å². The lowest BCUT2D eigenvalue weighted by Crippen LogP contribution is -2.39. The van der Waals surface area contributed by atoms with Gasteiger partial charge in [-0.25, -0.2) is 15.0 Å². The van der Waals surface area contributed by atoms with Gasteiger partial charge < -0.3 is 24.8 Å². The number of rotatable bonds is 5. The van der Waals surface area contributed by atoms with Gasteiger partial charge in [-0.2, -0.15) is 0 Å². The van der Waals surface area contributed by atoms with Gasteiger partial charge in [-0.15, -0.1) is 0 Å². The summed E-state index contributed by atoms with van der Waals surface area (Å²) in [7, 11) is 4.77. The number of benzene rings is 1. The van der Waals surface area contributed by atoms with E-state index in [4.69, 9.17) is 48.1 Å². The molecule has 0 radical (unpaired) electrons. The Hall–Kier alpha value is -2.55. The van der Waals surface area contributed by atoms with Gasteiger partial charge >= 0.3 is 0 Å². The first kappa shape index (κ1) is 21.7. The van der Waals surface area contributed by atoms with Gasteiger partial charge in [0.15, 0.2) is 5.82 Å². The van der Waals surface area contributed by atoms with E-state index >= 15 is 0 Å². The summed E-state index contributed by atoms with van der Waals surface area (Å²) in [5, 5.41) is 1.40. The summed E-state index contributed by atoms with van der Waals surface area (Å²) in [5.74, 6) is 2.29. The number of anilines is 2. The van der Waals surface area contributed by atoms with Crippen LogP contribution in [0.25, 0.3) is 22.3 Å². The van der Waals surface area contributed by atoms with Crippen LogP contribution in [0.5, 0.6) is 11.5 Å². The first-order chi connectivity index (χ1) is 15.0. The van der Waals surface area contributed by atoms with Gasteiger partial charge in [-0.1, -0.05) is 23.2 Å². The lowest BCUT2D eigenvalue weighted by atomic mass is 10.1. The molecule has 31 heavy (non-hydrogen) atoms. The number of nitrogens with zero attached hydrogens (tertiary/aromatic N) is 4. The van der Waals surface area contributed by atoms with E-state index in [1.807, 2.05) is 0 Å². The molecule has 1 fully saturated rings. The second-order valence-electron chi connectivity index (χ2n) is 7.23. The number of nitrogens with two attached hydrogens (primary N) is 1. The molecule has 0 spiro atoms. The molecule has 10 heteroatoms. The highest BCUT2D eigenvalue weighted by Crippen LogP contribution is 2.45. The SMILES string of the molecule is COc1cc(OC)c(Cl)c(-c2nc(N3CCCC(OC)C3)c3cc(N)ncc3n2)c1Cl. The summed E-state index contributed by atoms with van der Waals surface area (Å²) in [6.45, 7) is 1.53. The number of hydrogen-bond acceptors (Lipinski definition) is 8. The second kappa shape index (κ2) is 8.90. The zero-order valence-corrected chi connectivity index (χ0v) is 19.0. The molecule has 1 aliphatic rings. The monoisotopic (exact) mass is 463 g/mol. The van der Waals surface area contributed by atoms with E-state index in [-0.39, 0.29) is 6.10 Å². The van der Waals surface area contributed by atoms with Crippen LogP contribution in [-0.2, 0) is 4.74 Å². The molecule has 3 aromatic rings. The predicted octanol–water partition coefficient (Wildman–Crippen LogP) is 4.21. The fourth-order valence-electron chi connectivity index (χ4n) is 3.79. The third kappa shape index (κ3) is 4.03. The Morgan fingerprint density at radius 1 is 1.06 bits per heavy atom. The number of fused-ring (bicyclic) bond motifs is 1. The van der Waals surface area contributed by atoms with Crippen molar-refractivity contribution in [2.75, 3.05) is 45.1 Å². The van der Waals surface area contributed by atoms with E-state index in [0.717, 1.165) is 30.6 Å². The van der Waals surface area contributed by atoms with E-state index < -0.39 is 0 Å². The highest BCUT2D eigenvalue weighted by Gasteiger charge is 2.26. The summed E-state index contributed by atoms with van der Waals surface area (Å²) in [5.41, 5.74) is 7.02. The quantitative estimate of drug-likeness (QED) is 0.600. The van der Waals surface area contributed by atoms with Gasteiger partial charge in [0.1, 0.15) is 23.1 Å². The molecule has 3 heterocycles. The Labute approximate surface area is 190 Å². The minimum absolute atomic E-state index is 0.116. The molecule has 2 aromatic heterocycles. The van der Waals surface area contributed by atoms with Crippen molar-refractivity contribution >= 4 is 45.7 Å². The molecule has 0 aliphatic carbocycles. The molecule has 0 saturated carbocycles. The van der Waals surface area contributed by atoms with E-state index in [1.54, 1.807) is 25.4 Å². The van der Waals surface area contributed by atoms with E-state index in [9.17, 15) is 0 Å². The summed E-state index contributed by atoms with van der Waals surface area (Å²) in [6, 6.07) is 3.41. The molecule has 1 aliphatic heterocycles. The molecule has 1 unspecified atom stereocenters. The van der Waals surface area contributed by atoms with Crippen LogP contribution in [0.15, 0.2) is 18.3 Å². The molecule has 4 rings (SSSR count). The smallest absolute Gasteiger partial charge is 0.165 e. The maximum Gasteiger partial charge on any atom is 0.165 e. The van der Waals surface area contributed by atoms with Crippen molar-refractivity contribution in [3.8, 4) is 22.9 Å². The first-order valence-corrected chi connectivity index (χ1v) is 10.5. The molecular weight excluding hydrogens is 441 g/mol. The molecule has 1 atom stereocenters. The van der Waals surface area contributed by atoms with Crippen molar-refractivity contribution in [3.63, 3.8) is 0 Å². The lowest BCUT2D eigenvalue weighted by Gasteiger charge is -2.33. The van der Waals surface area contributed by atoms with Crippen LogP contribution in [-0.4, -0.2) is 55.5 Å². The maximum atomic E-state index is 6.62. The number of ether oxygens (including phenoxy) is 3. The van der Waals surface area contributed by atoms with Crippen LogP contribution in [0.1, 0.15) is 12.8 Å². The highest BCUT2D eigenvalue weighted by molar-refractivity contribution is 6.41. The van der Waals surface area contributed by atoms with E-state index in [1.165, 1.54) is 14.2 Å². The Morgan fingerprint density at radius 3 is 2.42 bits per heavy atom. The van der Waals surface area contributed by atoms with Gasteiger partial charge in [-0.3, -0.25) is 0 Å². The van der Waals surface area contributed by atoms with Crippen LogP contribution < -0.4 is 20.1 Å². The van der Waals surface area contributed by atoms with Gasteiger partial charge in [0.2, 0.25) is 0 Å². The zero-order valence-electron chi connectivity index (χ0n) is 17.5. The van der Waals surface area contributed by atoms with Gasteiger partial charge in [0, 0.05) is 31.7 Å². The Kier molecular flexibility index (Phi) is 6.22. The van der Waals surface area contributed by atoms with Gasteiger partial charge in [0.25, 0.3) is 0 Å². The molecule has 0 bridgehead atoms. The molecule has 8 nitrogen and oxygen atoms in total. The Bertz CT molecular complexity index is 1100. The number of piperidine rings is 1. The van der Waals surface area contributed by atoms with Crippen molar-refractivity contribution in [1.82, 2.24) is 15.0 Å². The summed E-state index contributed by atoms with van der Waals surface area (Å²) < 4.78 is 16.4. The van der Waals surface area contributed by atoms with Crippen LogP contribution in [0, 0.1) is 0 Å². The van der Waals surface area contributed by atoms with Crippen molar-refractivity contribution < 1.29 is 14.2 Å². The predicted molar refractivity (Wildman–Crippen MR) is 123 cm³/mol.